The summed E-state index contributed by atoms with van der Waals surface area (Å²) in [5, 5.41) is 17.0. The van der Waals surface area contributed by atoms with Gasteiger partial charge in [-0.15, -0.1) is 5.53 Å². The monoisotopic (exact) mass is 415 g/mol. The number of carbonyl (C=O) groups is 2. The molecule has 160 valence electrons. The zero-order valence-electron chi connectivity index (χ0n) is 16.1. The fourth-order valence-electron chi connectivity index (χ4n) is 2.86. The molecule has 4 N–H and O–H groups in total. The van der Waals surface area contributed by atoms with Crippen molar-refractivity contribution >= 4 is 23.2 Å². The van der Waals surface area contributed by atoms with Crippen LogP contribution in [0.2, 0.25) is 0 Å². The maximum atomic E-state index is 12.4. The Morgan fingerprint density at radius 2 is 1.86 bits per heavy atom. The largest absolute Gasteiger partial charge is 0.397 e. The molecule has 0 unspecified atom stereocenters. The Labute approximate surface area is 166 Å². The van der Waals surface area contributed by atoms with Crippen molar-refractivity contribution in [2.75, 3.05) is 30.5 Å². The minimum Gasteiger partial charge on any atom is -0.395 e. The van der Waals surface area contributed by atoms with Gasteiger partial charge in [0.2, 0.25) is 5.91 Å². The van der Waals surface area contributed by atoms with Gasteiger partial charge in [-0.3, -0.25) is 19.6 Å². The molecule has 0 spiro atoms. The first-order valence-electron chi connectivity index (χ1n) is 9.05. The number of alkyl halides is 3. The molecular formula is C18H24F3N5O3. The third-order valence-corrected chi connectivity index (χ3v) is 4.00. The van der Waals surface area contributed by atoms with Gasteiger partial charge in [0.1, 0.15) is 12.1 Å². The Morgan fingerprint density at radius 1 is 1.21 bits per heavy atom. The van der Waals surface area contributed by atoms with Crippen LogP contribution in [0.25, 0.3) is 0 Å². The molecule has 11 heteroatoms. The Bertz CT molecular complexity index is 765. The molecule has 1 aromatic carbocycles. The second-order valence-electron chi connectivity index (χ2n) is 6.41. The molecule has 0 fully saturated rings. The van der Waals surface area contributed by atoms with Crippen LogP contribution in [0.15, 0.2) is 35.7 Å². The van der Waals surface area contributed by atoms with Gasteiger partial charge in [-0.1, -0.05) is 13.3 Å². The number of hydrogen-bond acceptors (Lipinski definition) is 6. The number of aliphatic hydroxyl groups is 1. The van der Waals surface area contributed by atoms with Crippen LogP contribution >= 0.6 is 0 Å². The predicted octanol–water partition coefficient (Wildman–Crippen LogP) is 1.87. The topological polar surface area (TPSA) is 96.9 Å². The van der Waals surface area contributed by atoms with Crippen molar-refractivity contribution in [1.82, 2.24) is 15.9 Å². The van der Waals surface area contributed by atoms with E-state index in [0.29, 0.717) is 23.5 Å². The second kappa shape index (κ2) is 9.61. The van der Waals surface area contributed by atoms with Crippen LogP contribution in [-0.4, -0.2) is 48.3 Å². The van der Waals surface area contributed by atoms with Crippen molar-refractivity contribution < 1.29 is 27.9 Å². The summed E-state index contributed by atoms with van der Waals surface area (Å²) in [6, 6.07) is 6.21. The number of halogens is 3. The molecule has 0 saturated heterocycles. The summed E-state index contributed by atoms with van der Waals surface area (Å²) in [4.78, 5) is 23.9. The molecule has 8 nitrogen and oxygen atoms in total. The van der Waals surface area contributed by atoms with Gasteiger partial charge < -0.3 is 15.7 Å². The maximum absolute atomic E-state index is 12.4. The standard InChI is InChI=1S/C18H24F3N5O3/c1-3-4-14-16(17(29)22-9-10-27)25(2)24-26(14)13-7-5-12(6-8-13)23-15(28)11-18(19,20)21/h5-8,24,27H,3-4,9-11H2,1-2H3,(H,22,29)(H,23,28). The number of carbonyl (C=O) groups excluding carboxylic acids is 2. The molecule has 1 aromatic rings. The Kier molecular flexibility index (Phi) is 7.46. The van der Waals surface area contributed by atoms with Crippen LogP contribution in [0.1, 0.15) is 26.2 Å². The summed E-state index contributed by atoms with van der Waals surface area (Å²) in [6.45, 7) is 1.92. The zero-order valence-corrected chi connectivity index (χ0v) is 16.1. The lowest BCUT2D eigenvalue weighted by molar-refractivity contribution is -0.150. The molecule has 0 aromatic heterocycles. The molecule has 2 rings (SSSR count). The van der Waals surface area contributed by atoms with Crippen molar-refractivity contribution in [3.8, 4) is 0 Å². The Morgan fingerprint density at radius 3 is 2.41 bits per heavy atom. The van der Waals surface area contributed by atoms with E-state index >= 15 is 0 Å². The number of amides is 2. The summed E-state index contributed by atoms with van der Waals surface area (Å²) in [5.74, 6) is -1.48. The van der Waals surface area contributed by atoms with E-state index in [1.165, 1.54) is 12.1 Å². The summed E-state index contributed by atoms with van der Waals surface area (Å²) < 4.78 is 36.8. The fraction of sp³-hybridized carbons (Fsp3) is 0.444. The lowest BCUT2D eigenvalue weighted by atomic mass is 10.1. The first-order valence-corrected chi connectivity index (χ1v) is 9.05. The van der Waals surface area contributed by atoms with E-state index in [1.54, 1.807) is 29.2 Å². The van der Waals surface area contributed by atoms with E-state index < -0.39 is 18.5 Å². The van der Waals surface area contributed by atoms with Crippen molar-refractivity contribution in [3.63, 3.8) is 0 Å². The smallest absolute Gasteiger partial charge is 0.395 e. The van der Waals surface area contributed by atoms with Gasteiger partial charge in [0.25, 0.3) is 5.91 Å². The SMILES string of the molecule is CCCC1=C(C(=O)NCCO)N(C)NN1c1ccc(NC(=O)CC(F)(F)F)cc1. The number of aliphatic hydroxyl groups excluding tert-OH is 1. The average molecular weight is 415 g/mol. The number of anilines is 2. The van der Waals surface area contributed by atoms with Crippen LogP contribution < -0.4 is 21.2 Å². The highest BCUT2D eigenvalue weighted by molar-refractivity contribution is 5.95. The van der Waals surface area contributed by atoms with E-state index in [-0.39, 0.29) is 24.7 Å². The van der Waals surface area contributed by atoms with Crippen molar-refractivity contribution in [2.45, 2.75) is 32.4 Å². The molecule has 0 bridgehead atoms. The van der Waals surface area contributed by atoms with Gasteiger partial charge in [0.05, 0.1) is 18.0 Å². The third-order valence-electron chi connectivity index (χ3n) is 4.00. The highest BCUT2D eigenvalue weighted by Crippen LogP contribution is 2.29. The van der Waals surface area contributed by atoms with E-state index in [0.717, 1.165) is 6.42 Å². The van der Waals surface area contributed by atoms with Crippen LogP contribution in [-0.2, 0) is 9.59 Å². The third kappa shape index (κ3) is 6.09. The van der Waals surface area contributed by atoms with Gasteiger partial charge in [-0.05, 0) is 30.7 Å². The molecule has 0 atom stereocenters. The average Bonchev–Trinajstić information content (AvgIpc) is 2.95. The fourth-order valence-corrected chi connectivity index (χ4v) is 2.86. The molecule has 0 aliphatic carbocycles. The van der Waals surface area contributed by atoms with E-state index in [2.05, 4.69) is 16.2 Å². The molecule has 1 heterocycles. The lowest BCUT2D eigenvalue weighted by Gasteiger charge is -2.23. The first kappa shape index (κ1) is 22.5. The molecule has 0 saturated carbocycles. The molecule has 29 heavy (non-hydrogen) atoms. The number of hydrogen-bond donors (Lipinski definition) is 4. The minimum absolute atomic E-state index is 0.127. The molecule has 2 amide bonds. The van der Waals surface area contributed by atoms with Crippen LogP contribution in [0.3, 0.4) is 0 Å². The number of nitrogens with one attached hydrogen (secondary N) is 3. The van der Waals surface area contributed by atoms with Gasteiger partial charge in [-0.2, -0.15) is 13.2 Å². The van der Waals surface area contributed by atoms with E-state index in [4.69, 9.17) is 5.11 Å². The van der Waals surface area contributed by atoms with E-state index in [9.17, 15) is 22.8 Å². The highest BCUT2D eigenvalue weighted by atomic mass is 19.4. The number of allylic oxidation sites excluding steroid dienone is 1. The summed E-state index contributed by atoms with van der Waals surface area (Å²) in [6.07, 6.45) is -4.77. The normalized spacial score (nSPS) is 14.4. The molecule has 1 aliphatic heterocycles. The van der Waals surface area contributed by atoms with Crippen molar-refractivity contribution in [3.05, 3.63) is 35.7 Å². The number of nitrogens with zero attached hydrogens (tertiary/aromatic N) is 2. The van der Waals surface area contributed by atoms with Crippen molar-refractivity contribution in [2.24, 2.45) is 0 Å². The quantitative estimate of drug-likeness (QED) is 0.518. The lowest BCUT2D eigenvalue weighted by Crippen LogP contribution is -2.41. The van der Waals surface area contributed by atoms with Crippen LogP contribution in [0.4, 0.5) is 24.5 Å². The molecule has 0 radical (unpaired) electrons. The Balaban J connectivity index is 2.19. The summed E-state index contributed by atoms with van der Waals surface area (Å²) in [7, 11) is 1.68. The Hall–Kier alpha value is -2.79. The highest BCUT2D eigenvalue weighted by Gasteiger charge is 2.32. The van der Waals surface area contributed by atoms with Crippen LogP contribution in [0, 0.1) is 0 Å². The van der Waals surface area contributed by atoms with Gasteiger partial charge in [-0.25, -0.2) is 0 Å². The molecular weight excluding hydrogens is 391 g/mol. The molecule has 1 aliphatic rings. The predicted molar refractivity (Wildman–Crippen MR) is 101 cm³/mol. The van der Waals surface area contributed by atoms with Gasteiger partial charge in [0, 0.05) is 19.3 Å². The first-order chi connectivity index (χ1) is 13.7. The number of rotatable bonds is 8. The van der Waals surface area contributed by atoms with Crippen LogP contribution in [0.5, 0.6) is 0 Å². The zero-order chi connectivity index (χ0) is 21.6. The number of hydrazine groups is 2. The summed E-state index contributed by atoms with van der Waals surface area (Å²) in [5.41, 5.74) is 5.02. The number of likely N-dealkylation sites (N-methyl/N-ethyl adjacent to an activating group) is 1. The number of benzene rings is 1. The van der Waals surface area contributed by atoms with Gasteiger partial charge >= 0.3 is 6.18 Å². The van der Waals surface area contributed by atoms with E-state index in [1.807, 2.05) is 6.92 Å². The van der Waals surface area contributed by atoms with Gasteiger partial charge in [0.15, 0.2) is 0 Å². The minimum atomic E-state index is -4.57. The van der Waals surface area contributed by atoms with Crippen molar-refractivity contribution in [1.29, 1.82) is 0 Å². The second-order valence-corrected chi connectivity index (χ2v) is 6.41. The maximum Gasteiger partial charge on any atom is 0.397 e. The summed E-state index contributed by atoms with van der Waals surface area (Å²) >= 11 is 0.